The maximum atomic E-state index is 14.9. The molecule has 0 spiro atoms. The zero-order chi connectivity index (χ0) is 22.9. The molecule has 0 bridgehead atoms. The largest absolute Gasteiger partial charge is 0.256 e. The lowest BCUT2D eigenvalue weighted by molar-refractivity contribution is 0.207. The minimum atomic E-state index is -3.92. The zero-order valence-electron chi connectivity index (χ0n) is 18.4. The third kappa shape index (κ3) is 3.43. The maximum absolute atomic E-state index is 14.9. The lowest BCUT2D eigenvalue weighted by atomic mass is 9.46. The zero-order valence-corrected chi connectivity index (χ0v) is 20.0. The standard InChI is InChI=1S/C16H22B4ClFN6O2S/c1-8-10(6-27-14(12(8)22)23-7-25-27)9-3-15(17,18)28(16(19,20)4-9)31(29,30)11-5-24-26(2)13(11)21/h5-7,9H,3-4,17-20H2,1-2H3. The first-order valence-electron chi connectivity index (χ1n) is 9.99. The van der Waals surface area contributed by atoms with Gasteiger partial charge in [-0.15, -0.1) is 0 Å². The van der Waals surface area contributed by atoms with E-state index in [1.807, 2.05) is 31.4 Å². The molecule has 3 aromatic rings. The van der Waals surface area contributed by atoms with Gasteiger partial charge in [-0.1, -0.05) is 11.6 Å². The Labute approximate surface area is 189 Å². The van der Waals surface area contributed by atoms with E-state index >= 15 is 0 Å². The second kappa shape index (κ2) is 7.11. The van der Waals surface area contributed by atoms with Crippen molar-refractivity contribution in [2.75, 3.05) is 0 Å². The number of fused-ring (bicyclic) bond motifs is 1. The first-order valence-corrected chi connectivity index (χ1v) is 11.8. The van der Waals surface area contributed by atoms with Gasteiger partial charge in [0.2, 0.25) is 10.0 Å². The molecule has 4 heterocycles. The molecule has 4 rings (SSSR count). The number of aryl methyl sites for hydroxylation is 1. The molecule has 0 radical (unpaired) electrons. The fourth-order valence-corrected chi connectivity index (χ4v) is 7.80. The molecule has 15 heteroatoms. The first kappa shape index (κ1) is 22.4. The third-order valence-electron chi connectivity index (χ3n) is 6.18. The lowest BCUT2D eigenvalue weighted by Gasteiger charge is -2.55. The highest BCUT2D eigenvalue weighted by Gasteiger charge is 2.52. The molecule has 0 aliphatic carbocycles. The number of pyridine rings is 1. The molecule has 0 amide bonds. The summed E-state index contributed by atoms with van der Waals surface area (Å²) in [6.07, 6.45) is 5.43. The predicted molar refractivity (Wildman–Crippen MR) is 127 cm³/mol. The topological polar surface area (TPSA) is 85.4 Å². The van der Waals surface area contributed by atoms with E-state index in [0.29, 0.717) is 18.4 Å². The average Bonchev–Trinajstić information content (AvgIpc) is 3.23. The van der Waals surface area contributed by atoms with Gasteiger partial charge in [-0.05, 0) is 47.5 Å². The van der Waals surface area contributed by atoms with Gasteiger partial charge in [0, 0.05) is 13.2 Å². The average molecular weight is 460 g/mol. The summed E-state index contributed by atoms with van der Waals surface area (Å²) in [6, 6.07) is 0. The first-order chi connectivity index (χ1) is 14.3. The van der Waals surface area contributed by atoms with Crippen LogP contribution in [-0.2, 0) is 17.1 Å². The van der Waals surface area contributed by atoms with Crippen LogP contribution in [-0.4, -0.2) is 79.2 Å². The normalized spacial score (nSPS) is 19.7. The van der Waals surface area contributed by atoms with Crippen molar-refractivity contribution in [2.24, 2.45) is 7.05 Å². The van der Waals surface area contributed by atoms with Gasteiger partial charge in [0.25, 0.3) is 0 Å². The number of hydrogen-bond acceptors (Lipinski definition) is 5. The van der Waals surface area contributed by atoms with Gasteiger partial charge in [0.05, 0.1) is 6.20 Å². The van der Waals surface area contributed by atoms with Gasteiger partial charge in [0.15, 0.2) is 11.5 Å². The Bertz CT molecular complexity index is 1280. The smallest absolute Gasteiger partial charge is 0.246 e. The van der Waals surface area contributed by atoms with Gasteiger partial charge >= 0.3 is 0 Å². The van der Waals surface area contributed by atoms with Crippen molar-refractivity contribution in [3.8, 4) is 0 Å². The monoisotopic (exact) mass is 460 g/mol. The van der Waals surface area contributed by atoms with Crippen LogP contribution in [0.1, 0.15) is 29.9 Å². The molecule has 0 saturated carbocycles. The number of nitrogens with zero attached hydrogens (tertiary/aromatic N) is 6. The Kier molecular flexibility index (Phi) is 5.14. The van der Waals surface area contributed by atoms with E-state index in [9.17, 15) is 12.8 Å². The molecule has 0 unspecified atom stereocenters. The van der Waals surface area contributed by atoms with E-state index in [-0.39, 0.29) is 21.6 Å². The van der Waals surface area contributed by atoms with Gasteiger partial charge < -0.3 is 0 Å². The molecule has 0 atom stereocenters. The van der Waals surface area contributed by atoms with Gasteiger partial charge in [-0.2, -0.15) is 10.2 Å². The molecule has 1 aliphatic heterocycles. The van der Waals surface area contributed by atoms with Gasteiger partial charge in [0.1, 0.15) is 47.8 Å². The number of rotatable bonds is 3. The van der Waals surface area contributed by atoms with Crippen LogP contribution in [0.5, 0.6) is 0 Å². The van der Waals surface area contributed by atoms with Crippen molar-refractivity contribution in [1.29, 1.82) is 0 Å². The highest BCUT2D eigenvalue weighted by atomic mass is 35.5. The number of sulfonamides is 1. The Hall–Kier alpha value is -1.78. The van der Waals surface area contributed by atoms with Crippen molar-refractivity contribution in [2.45, 2.75) is 41.3 Å². The quantitative estimate of drug-likeness (QED) is 0.422. The minimum absolute atomic E-state index is 0.0115. The molecule has 1 fully saturated rings. The van der Waals surface area contributed by atoms with Crippen LogP contribution < -0.4 is 0 Å². The highest BCUT2D eigenvalue weighted by Crippen LogP contribution is 2.45. The molecule has 8 nitrogen and oxygen atoms in total. The van der Waals surface area contributed by atoms with Crippen molar-refractivity contribution in [3.05, 3.63) is 40.8 Å². The molecule has 1 saturated heterocycles. The summed E-state index contributed by atoms with van der Waals surface area (Å²) in [5.41, 5.74) is 1.52. The van der Waals surface area contributed by atoms with Gasteiger partial charge in [-0.25, -0.2) is 26.6 Å². The fraction of sp³-hybridized carbons (Fsp3) is 0.438. The molecule has 0 aromatic carbocycles. The van der Waals surface area contributed by atoms with Crippen LogP contribution in [0.15, 0.2) is 23.6 Å². The summed E-state index contributed by atoms with van der Waals surface area (Å²) in [5, 5.41) is 6.65. The van der Waals surface area contributed by atoms with E-state index in [1.54, 1.807) is 20.2 Å². The van der Waals surface area contributed by atoms with Crippen molar-refractivity contribution in [1.82, 2.24) is 28.7 Å². The van der Waals surface area contributed by atoms with E-state index in [0.717, 1.165) is 5.56 Å². The third-order valence-corrected chi connectivity index (χ3v) is 9.06. The molecule has 3 aromatic heterocycles. The Morgan fingerprint density at radius 2 is 1.81 bits per heavy atom. The number of hydrogen-bond donors (Lipinski definition) is 0. The number of piperidine rings is 1. The van der Waals surface area contributed by atoms with Crippen molar-refractivity contribution >= 4 is 58.7 Å². The molecule has 31 heavy (non-hydrogen) atoms. The number of aromatic nitrogens is 5. The number of halogens is 2. The second-order valence-corrected chi connectivity index (χ2v) is 11.6. The van der Waals surface area contributed by atoms with Crippen LogP contribution in [0.4, 0.5) is 4.39 Å². The van der Waals surface area contributed by atoms with Crippen LogP contribution in [0, 0.1) is 12.7 Å². The van der Waals surface area contributed by atoms with Crippen molar-refractivity contribution in [3.63, 3.8) is 0 Å². The van der Waals surface area contributed by atoms with E-state index in [4.69, 9.17) is 11.6 Å². The summed E-state index contributed by atoms with van der Waals surface area (Å²) in [7, 11) is 5.24. The van der Waals surface area contributed by atoms with E-state index < -0.39 is 26.5 Å². The van der Waals surface area contributed by atoms with E-state index in [2.05, 4.69) is 15.2 Å². The summed E-state index contributed by atoms with van der Waals surface area (Å²) in [4.78, 5) is 3.97. The Morgan fingerprint density at radius 3 is 2.35 bits per heavy atom. The highest BCUT2D eigenvalue weighted by molar-refractivity contribution is 7.89. The Morgan fingerprint density at radius 1 is 1.19 bits per heavy atom. The predicted octanol–water partition coefficient (Wildman–Crippen LogP) is -2.03. The summed E-state index contributed by atoms with van der Waals surface area (Å²) in [5.74, 6) is -0.466. The fourth-order valence-electron chi connectivity index (χ4n) is 5.24. The molecular formula is C16H22B4ClFN6O2S. The van der Waals surface area contributed by atoms with Crippen LogP contribution >= 0.6 is 11.6 Å². The van der Waals surface area contributed by atoms with Crippen LogP contribution in [0.25, 0.3) is 5.65 Å². The summed E-state index contributed by atoms with van der Waals surface area (Å²) in [6.45, 7) is 1.73. The lowest BCUT2D eigenvalue weighted by Crippen LogP contribution is -2.68. The molecule has 160 valence electrons. The maximum Gasteiger partial charge on any atom is 0.246 e. The SMILES string of the molecule is BC1(B)CC(c2cn3ncnc3c(F)c2C)CC(B)(B)N1S(=O)(=O)c1cnn(C)c1Cl. The molecule has 1 aliphatic rings. The second-order valence-electron chi connectivity index (χ2n) is 9.47. The molecule has 0 N–H and O–H groups in total. The summed E-state index contributed by atoms with van der Waals surface area (Å²) >= 11 is 6.24. The molecular weight excluding hydrogens is 438 g/mol. The Balaban J connectivity index is 1.79. The van der Waals surface area contributed by atoms with Gasteiger partial charge in [-0.3, -0.25) is 4.68 Å². The van der Waals surface area contributed by atoms with Crippen LogP contribution in [0.2, 0.25) is 5.15 Å². The van der Waals surface area contributed by atoms with Crippen LogP contribution in [0.3, 0.4) is 0 Å². The van der Waals surface area contributed by atoms with E-state index in [1.165, 1.54) is 26.0 Å². The minimum Gasteiger partial charge on any atom is -0.256 e. The van der Waals surface area contributed by atoms with Crippen molar-refractivity contribution < 1.29 is 12.8 Å². The summed E-state index contributed by atoms with van der Waals surface area (Å²) < 4.78 is 46.5.